The van der Waals surface area contributed by atoms with Crippen LogP contribution in [0.4, 0.5) is 0 Å². The van der Waals surface area contributed by atoms with Gasteiger partial charge in [-0.2, -0.15) is 5.10 Å². The first kappa shape index (κ1) is 12.1. The summed E-state index contributed by atoms with van der Waals surface area (Å²) in [6, 6.07) is 0. The van der Waals surface area contributed by atoms with Crippen LogP contribution >= 0.6 is 10.7 Å². The van der Waals surface area contributed by atoms with E-state index in [0.717, 1.165) is 0 Å². The maximum Gasteiger partial charge on any atom is 0.264 e. The van der Waals surface area contributed by atoms with Crippen LogP contribution in [-0.2, 0) is 15.6 Å². The molecule has 1 rings (SSSR count). The molecule has 6 heteroatoms. The number of hydrogen-bond acceptors (Lipinski definition) is 3. The number of terminal acetylenes is 1. The van der Waals surface area contributed by atoms with Crippen molar-refractivity contribution in [3.8, 4) is 12.3 Å². The number of hydrogen-bond donors (Lipinski definition) is 0. The molecule has 1 aromatic heterocycles. The molecule has 0 atom stereocenters. The molecular weight excluding hydrogens is 236 g/mol. The second kappa shape index (κ2) is 4.25. The van der Waals surface area contributed by atoms with Crippen LogP contribution in [0.5, 0.6) is 0 Å². The lowest BCUT2D eigenvalue weighted by molar-refractivity contribution is 0.599. The molecule has 0 aliphatic carbocycles. The van der Waals surface area contributed by atoms with Crippen molar-refractivity contribution < 1.29 is 8.42 Å². The lowest BCUT2D eigenvalue weighted by atomic mass is 10.4. The van der Waals surface area contributed by atoms with Crippen LogP contribution in [-0.4, -0.2) is 18.2 Å². The highest BCUT2D eigenvalue weighted by atomic mass is 35.7. The van der Waals surface area contributed by atoms with Crippen molar-refractivity contribution in [3.05, 3.63) is 11.4 Å². The van der Waals surface area contributed by atoms with Gasteiger partial charge in [0.1, 0.15) is 4.90 Å². The second-order valence-corrected chi connectivity index (χ2v) is 5.62. The van der Waals surface area contributed by atoms with E-state index in [9.17, 15) is 8.42 Å². The summed E-state index contributed by atoms with van der Waals surface area (Å²) in [6.07, 6.45) is 5.63. The van der Waals surface area contributed by atoms with Crippen LogP contribution in [0.3, 0.4) is 0 Å². The molecule has 0 radical (unpaired) electrons. The van der Waals surface area contributed by atoms with Crippen LogP contribution in [0.15, 0.2) is 4.90 Å². The first-order chi connectivity index (χ1) is 6.88. The van der Waals surface area contributed by atoms with E-state index in [1.807, 2.05) is 0 Å². The van der Waals surface area contributed by atoms with Crippen molar-refractivity contribution in [1.29, 1.82) is 0 Å². The minimum atomic E-state index is -3.73. The molecule has 1 aromatic rings. The maximum atomic E-state index is 11.2. The minimum Gasteiger partial charge on any atom is -0.267 e. The zero-order chi connectivity index (χ0) is 11.6. The van der Waals surface area contributed by atoms with E-state index in [1.165, 1.54) is 0 Å². The third-order valence-electron chi connectivity index (χ3n) is 2.03. The van der Waals surface area contributed by atoms with Gasteiger partial charge < -0.3 is 0 Å². The molecule has 0 aromatic carbocycles. The minimum absolute atomic E-state index is 0.0844. The van der Waals surface area contributed by atoms with E-state index in [1.54, 1.807) is 18.5 Å². The van der Waals surface area contributed by atoms with E-state index >= 15 is 0 Å². The summed E-state index contributed by atoms with van der Waals surface area (Å²) in [6.45, 7) is 3.76. The summed E-state index contributed by atoms with van der Waals surface area (Å²) in [5, 5.41) is 4.07. The fraction of sp³-hybridized carbons (Fsp3) is 0.444. The topological polar surface area (TPSA) is 52.0 Å². The standard InChI is InChI=1S/C9H11ClN2O2S/c1-4-5-6-12-8(3)9(7(2)11-12)15(10,13)14/h1H,5-6H2,2-3H3. The smallest absolute Gasteiger partial charge is 0.264 e. The van der Waals surface area contributed by atoms with Crippen molar-refractivity contribution in [2.75, 3.05) is 0 Å². The van der Waals surface area contributed by atoms with Gasteiger partial charge in [-0.1, -0.05) is 0 Å². The third-order valence-corrected chi connectivity index (χ3v) is 3.57. The molecule has 1 heterocycles. The highest BCUT2D eigenvalue weighted by molar-refractivity contribution is 8.13. The molecule has 0 fully saturated rings. The molecule has 0 aliphatic rings. The Balaban J connectivity index is 3.23. The maximum absolute atomic E-state index is 11.2. The Labute approximate surface area is 93.7 Å². The van der Waals surface area contributed by atoms with Gasteiger partial charge >= 0.3 is 0 Å². The number of halogens is 1. The first-order valence-corrected chi connectivity index (χ1v) is 6.61. The lowest BCUT2D eigenvalue weighted by Gasteiger charge is -2.00. The summed E-state index contributed by atoms with van der Waals surface area (Å²) in [5.41, 5.74) is 0.928. The van der Waals surface area contributed by atoms with E-state index in [4.69, 9.17) is 17.1 Å². The van der Waals surface area contributed by atoms with Gasteiger partial charge in [0.05, 0.1) is 17.9 Å². The molecule has 0 saturated heterocycles. The quantitative estimate of drug-likeness (QED) is 0.599. The number of aromatic nitrogens is 2. The summed E-state index contributed by atoms with van der Waals surface area (Å²) >= 11 is 0. The number of aryl methyl sites for hydroxylation is 2. The predicted octanol–water partition coefficient (Wildman–Crippen LogP) is 1.45. The van der Waals surface area contributed by atoms with Crippen LogP contribution in [0.1, 0.15) is 17.8 Å². The molecule has 0 saturated carbocycles. The van der Waals surface area contributed by atoms with E-state index < -0.39 is 9.05 Å². The molecule has 0 N–H and O–H groups in total. The molecular formula is C9H11ClN2O2S. The van der Waals surface area contributed by atoms with Crippen molar-refractivity contribution in [3.63, 3.8) is 0 Å². The average molecular weight is 247 g/mol. The van der Waals surface area contributed by atoms with Gasteiger partial charge in [0.15, 0.2) is 0 Å². The van der Waals surface area contributed by atoms with E-state index in [2.05, 4.69) is 11.0 Å². The van der Waals surface area contributed by atoms with Gasteiger partial charge in [-0.25, -0.2) is 8.42 Å². The normalized spacial score (nSPS) is 11.3. The summed E-state index contributed by atoms with van der Waals surface area (Å²) in [5.74, 6) is 2.47. The molecule has 0 bridgehead atoms. The highest BCUT2D eigenvalue weighted by Gasteiger charge is 2.21. The van der Waals surface area contributed by atoms with E-state index in [-0.39, 0.29) is 4.90 Å². The largest absolute Gasteiger partial charge is 0.267 e. The fourth-order valence-electron chi connectivity index (χ4n) is 1.42. The molecule has 0 amide bonds. The van der Waals surface area contributed by atoms with Crippen LogP contribution < -0.4 is 0 Å². The van der Waals surface area contributed by atoms with Crippen molar-refractivity contribution in [1.82, 2.24) is 9.78 Å². The molecule has 4 nitrogen and oxygen atoms in total. The zero-order valence-electron chi connectivity index (χ0n) is 8.49. The Kier molecular flexibility index (Phi) is 3.42. The Morgan fingerprint density at radius 2 is 2.13 bits per heavy atom. The van der Waals surface area contributed by atoms with Crippen molar-refractivity contribution in [2.24, 2.45) is 0 Å². The average Bonchev–Trinajstić information content (AvgIpc) is 2.36. The molecule has 0 unspecified atom stereocenters. The fourth-order valence-corrected chi connectivity index (χ4v) is 2.94. The summed E-state index contributed by atoms with van der Waals surface area (Å²) < 4.78 is 24.0. The summed E-state index contributed by atoms with van der Waals surface area (Å²) in [7, 11) is 1.56. The highest BCUT2D eigenvalue weighted by Crippen LogP contribution is 2.23. The third kappa shape index (κ3) is 2.52. The van der Waals surface area contributed by atoms with Gasteiger partial charge in [-0.15, -0.1) is 12.3 Å². The zero-order valence-corrected chi connectivity index (χ0v) is 10.1. The molecule has 0 aliphatic heterocycles. The lowest BCUT2D eigenvalue weighted by Crippen LogP contribution is -2.02. The predicted molar refractivity (Wildman–Crippen MR) is 58.2 cm³/mol. The Morgan fingerprint density at radius 3 is 2.53 bits per heavy atom. The van der Waals surface area contributed by atoms with Crippen molar-refractivity contribution in [2.45, 2.75) is 31.7 Å². The van der Waals surface area contributed by atoms with Crippen LogP contribution in [0.25, 0.3) is 0 Å². The Hall–Kier alpha value is -0.990. The van der Waals surface area contributed by atoms with E-state index in [0.29, 0.717) is 24.4 Å². The Morgan fingerprint density at radius 1 is 1.53 bits per heavy atom. The molecule has 0 spiro atoms. The Bertz CT molecular complexity index is 511. The summed E-state index contributed by atoms with van der Waals surface area (Å²) in [4.78, 5) is 0.0844. The van der Waals surface area contributed by atoms with Gasteiger partial charge in [-0.05, 0) is 13.8 Å². The van der Waals surface area contributed by atoms with Crippen LogP contribution in [0, 0.1) is 26.2 Å². The molecule has 82 valence electrons. The first-order valence-electron chi connectivity index (χ1n) is 4.30. The second-order valence-electron chi connectivity index (χ2n) is 3.12. The number of nitrogens with zero attached hydrogens (tertiary/aromatic N) is 2. The number of rotatable bonds is 3. The van der Waals surface area contributed by atoms with Gasteiger partial charge in [-0.3, -0.25) is 4.68 Å². The van der Waals surface area contributed by atoms with Crippen molar-refractivity contribution >= 4 is 19.7 Å². The van der Waals surface area contributed by atoms with Gasteiger partial charge in [0.2, 0.25) is 0 Å². The van der Waals surface area contributed by atoms with Gasteiger partial charge in [0, 0.05) is 17.1 Å². The molecule has 15 heavy (non-hydrogen) atoms. The van der Waals surface area contributed by atoms with Gasteiger partial charge in [0.25, 0.3) is 9.05 Å². The monoisotopic (exact) mass is 246 g/mol. The van der Waals surface area contributed by atoms with Crippen LogP contribution in [0.2, 0.25) is 0 Å². The SMILES string of the molecule is C#CCCn1nc(C)c(S(=O)(=O)Cl)c1C.